The molecule has 3 aromatic carbocycles. The molecule has 0 atom stereocenters. The highest BCUT2D eigenvalue weighted by molar-refractivity contribution is 7.98. The van der Waals surface area contributed by atoms with E-state index in [1.807, 2.05) is 54.6 Å². The number of halogens is 1. The average molecular weight is 369 g/mol. The van der Waals surface area contributed by atoms with Crippen molar-refractivity contribution in [3.05, 3.63) is 71.2 Å². The van der Waals surface area contributed by atoms with E-state index >= 15 is 0 Å². The van der Waals surface area contributed by atoms with E-state index in [-0.39, 0.29) is 5.75 Å². The van der Waals surface area contributed by atoms with Crippen molar-refractivity contribution < 1.29 is 9.52 Å². The highest BCUT2D eigenvalue weighted by Gasteiger charge is 2.14. The van der Waals surface area contributed by atoms with Crippen LogP contribution in [0.5, 0.6) is 5.75 Å². The summed E-state index contributed by atoms with van der Waals surface area (Å²) in [5, 5.41) is 21.5. The van der Waals surface area contributed by atoms with Gasteiger partial charge in [-0.05, 0) is 40.6 Å². The van der Waals surface area contributed by atoms with Gasteiger partial charge in [0.1, 0.15) is 5.75 Å². The second-order valence-electron chi connectivity index (χ2n) is 5.50. The molecule has 1 heterocycles. The standard InChI is InChI=1S/C19H13ClN2O2S/c20-15-7-5-12(6-8-15)11-25-19-22-21-18(24-19)16-9-13-3-1-2-4-14(13)10-17(16)23/h1-10,23H,11H2. The van der Waals surface area contributed by atoms with Crippen LogP contribution in [-0.4, -0.2) is 15.3 Å². The van der Waals surface area contributed by atoms with E-state index in [1.165, 1.54) is 11.8 Å². The summed E-state index contributed by atoms with van der Waals surface area (Å²) < 4.78 is 5.70. The van der Waals surface area contributed by atoms with Gasteiger partial charge in [0, 0.05) is 10.8 Å². The lowest BCUT2D eigenvalue weighted by Gasteiger charge is -2.03. The number of thioether (sulfide) groups is 1. The van der Waals surface area contributed by atoms with Crippen molar-refractivity contribution >= 4 is 34.1 Å². The van der Waals surface area contributed by atoms with Gasteiger partial charge in [-0.15, -0.1) is 10.2 Å². The minimum absolute atomic E-state index is 0.122. The molecule has 0 aliphatic rings. The van der Waals surface area contributed by atoms with Gasteiger partial charge in [-0.2, -0.15) is 0 Å². The Bertz CT molecular complexity index is 1030. The third kappa shape index (κ3) is 3.48. The second-order valence-corrected chi connectivity index (χ2v) is 6.87. The number of hydrogen-bond acceptors (Lipinski definition) is 5. The zero-order valence-corrected chi connectivity index (χ0v) is 14.6. The molecule has 0 amide bonds. The molecule has 4 aromatic rings. The number of phenols is 1. The van der Waals surface area contributed by atoms with E-state index in [1.54, 1.807) is 6.07 Å². The molecule has 1 aromatic heterocycles. The Hall–Kier alpha value is -2.50. The number of aromatic hydroxyl groups is 1. The number of phenolic OH excluding ortho intramolecular Hbond substituents is 1. The maximum Gasteiger partial charge on any atom is 0.277 e. The van der Waals surface area contributed by atoms with Gasteiger partial charge in [0.25, 0.3) is 11.1 Å². The maximum absolute atomic E-state index is 10.3. The van der Waals surface area contributed by atoms with Crippen molar-refractivity contribution in [2.75, 3.05) is 0 Å². The van der Waals surface area contributed by atoms with Crippen molar-refractivity contribution in [3.8, 4) is 17.2 Å². The molecule has 1 N–H and O–H groups in total. The van der Waals surface area contributed by atoms with Gasteiger partial charge in [-0.1, -0.05) is 59.8 Å². The first-order valence-corrected chi connectivity index (χ1v) is 8.98. The molecule has 0 aliphatic heterocycles. The van der Waals surface area contributed by atoms with Crippen LogP contribution in [0.25, 0.3) is 22.2 Å². The molecule has 4 nitrogen and oxygen atoms in total. The summed E-state index contributed by atoms with van der Waals surface area (Å²) in [6, 6.07) is 19.0. The molecule has 124 valence electrons. The predicted molar refractivity (Wildman–Crippen MR) is 99.9 cm³/mol. The minimum Gasteiger partial charge on any atom is -0.507 e. The Morgan fingerprint density at radius 1 is 0.960 bits per heavy atom. The number of benzene rings is 3. The molecule has 0 unspecified atom stereocenters. The average Bonchev–Trinajstić information content (AvgIpc) is 3.09. The van der Waals surface area contributed by atoms with E-state index in [9.17, 15) is 5.11 Å². The van der Waals surface area contributed by atoms with E-state index in [0.29, 0.717) is 27.5 Å². The predicted octanol–water partition coefficient (Wildman–Crippen LogP) is 5.54. The van der Waals surface area contributed by atoms with E-state index < -0.39 is 0 Å². The van der Waals surface area contributed by atoms with Gasteiger partial charge in [0.2, 0.25) is 0 Å². The van der Waals surface area contributed by atoms with Crippen molar-refractivity contribution in [2.24, 2.45) is 0 Å². The SMILES string of the molecule is Oc1cc2ccccc2cc1-c1nnc(SCc2ccc(Cl)cc2)o1. The van der Waals surface area contributed by atoms with E-state index in [0.717, 1.165) is 16.3 Å². The Balaban J connectivity index is 1.56. The first-order chi connectivity index (χ1) is 12.2. The normalized spacial score (nSPS) is 11.1. The minimum atomic E-state index is 0.122. The van der Waals surface area contributed by atoms with Crippen molar-refractivity contribution in [1.82, 2.24) is 10.2 Å². The summed E-state index contributed by atoms with van der Waals surface area (Å²) in [5.74, 6) is 1.13. The molecule has 0 saturated carbocycles. The fourth-order valence-corrected chi connectivity index (χ4v) is 3.35. The van der Waals surface area contributed by atoms with Crippen molar-refractivity contribution in [3.63, 3.8) is 0 Å². The lowest BCUT2D eigenvalue weighted by molar-refractivity contribution is 0.453. The number of nitrogens with zero attached hydrogens (tertiary/aromatic N) is 2. The lowest BCUT2D eigenvalue weighted by atomic mass is 10.1. The van der Waals surface area contributed by atoms with Crippen LogP contribution in [0.3, 0.4) is 0 Å². The summed E-state index contributed by atoms with van der Waals surface area (Å²) in [7, 11) is 0. The van der Waals surface area contributed by atoms with Crippen LogP contribution in [0.2, 0.25) is 5.02 Å². The third-order valence-corrected chi connectivity index (χ3v) is 4.92. The summed E-state index contributed by atoms with van der Waals surface area (Å²) >= 11 is 7.32. The number of hydrogen-bond donors (Lipinski definition) is 1. The zero-order valence-electron chi connectivity index (χ0n) is 13.0. The smallest absolute Gasteiger partial charge is 0.277 e. The first-order valence-electron chi connectivity index (χ1n) is 7.62. The van der Waals surface area contributed by atoms with Crippen molar-refractivity contribution in [2.45, 2.75) is 11.0 Å². The lowest BCUT2D eigenvalue weighted by Crippen LogP contribution is -1.81. The highest BCUT2D eigenvalue weighted by atomic mass is 35.5. The van der Waals surface area contributed by atoms with Gasteiger partial charge < -0.3 is 9.52 Å². The second kappa shape index (κ2) is 6.78. The van der Waals surface area contributed by atoms with Crippen LogP contribution in [0, 0.1) is 0 Å². The largest absolute Gasteiger partial charge is 0.507 e. The molecule has 25 heavy (non-hydrogen) atoms. The first kappa shape index (κ1) is 16.0. The van der Waals surface area contributed by atoms with E-state index in [2.05, 4.69) is 10.2 Å². The molecule has 0 bridgehead atoms. The molecule has 0 spiro atoms. The Labute approximate surface area is 153 Å². The number of fused-ring (bicyclic) bond motifs is 1. The van der Waals surface area contributed by atoms with Crippen LogP contribution in [-0.2, 0) is 5.75 Å². The topological polar surface area (TPSA) is 59.2 Å². The molecule has 4 rings (SSSR count). The number of rotatable bonds is 4. The summed E-state index contributed by atoms with van der Waals surface area (Å²) in [4.78, 5) is 0. The van der Waals surface area contributed by atoms with Crippen LogP contribution < -0.4 is 0 Å². The summed E-state index contributed by atoms with van der Waals surface area (Å²) in [6.07, 6.45) is 0. The highest BCUT2D eigenvalue weighted by Crippen LogP contribution is 2.34. The molecular weight excluding hydrogens is 356 g/mol. The molecule has 0 aliphatic carbocycles. The molecular formula is C19H13ClN2O2S. The number of aromatic nitrogens is 2. The Morgan fingerprint density at radius 2 is 1.68 bits per heavy atom. The monoisotopic (exact) mass is 368 g/mol. The van der Waals surface area contributed by atoms with Gasteiger partial charge in [-0.3, -0.25) is 0 Å². The molecule has 6 heteroatoms. The molecule has 0 fully saturated rings. The zero-order chi connectivity index (χ0) is 17.2. The van der Waals surface area contributed by atoms with Crippen LogP contribution >= 0.6 is 23.4 Å². The van der Waals surface area contributed by atoms with Crippen LogP contribution in [0.4, 0.5) is 0 Å². The van der Waals surface area contributed by atoms with Gasteiger partial charge in [0.05, 0.1) is 5.56 Å². The summed E-state index contributed by atoms with van der Waals surface area (Å²) in [5.41, 5.74) is 1.65. The molecule has 0 saturated heterocycles. The van der Waals surface area contributed by atoms with Gasteiger partial charge in [0.15, 0.2) is 0 Å². The third-order valence-electron chi connectivity index (χ3n) is 3.78. The quantitative estimate of drug-likeness (QED) is 0.479. The van der Waals surface area contributed by atoms with Gasteiger partial charge >= 0.3 is 0 Å². The van der Waals surface area contributed by atoms with Gasteiger partial charge in [-0.25, -0.2) is 0 Å². The van der Waals surface area contributed by atoms with E-state index in [4.69, 9.17) is 16.0 Å². The maximum atomic E-state index is 10.3. The van der Waals surface area contributed by atoms with Crippen LogP contribution in [0.1, 0.15) is 5.56 Å². The fraction of sp³-hybridized carbons (Fsp3) is 0.0526. The Morgan fingerprint density at radius 3 is 2.44 bits per heavy atom. The Kier molecular flexibility index (Phi) is 4.34. The fourth-order valence-electron chi connectivity index (χ4n) is 2.50. The van der Waals surface area contributed by atoms with Crippen LogP contribution in [0.15, 0.2) is 70.3 Å². The van der Waals surface area contributed by atoms with Crippen molar-refractivity contribution in [1.29, 1.82) is 0 Å². The molecule has 0 radical (unpaired) electrons. The summed E-state index contributed by atoms with van der Waals surface area (Å²) in [6.45, 7) is 0.